The van der Waals surface area contributed by atoms with Crippen LogP contribution in [0, 0.1) is 0 Å². The molecular weight excluding hydrogens is 364 g/mol. The smallest absolute Gasteiger partial charge is 0.322 e. The first-order valence-electron chi connectivity index (χ1n) is 8.27. The zero-order chi connectivity index (χ0) is 19.7. The van der Waals surface area contributed by atoms with Crippen molar-refractivity contribution in [3.05, 3.63) is 0 Å². The van der Waals surface area contributed by atoms with Gasteiger partial charge in [-0.15, -0.1) is 0 Å². The van der Waals surface area contributed by atoms with Crippen LogP contribution in [0.1, 0.15) is 19.3 Å². The van der Waals surface area contributed by atoms with E-state index in [1.54, 1.807) is 11.8 Å². The number of hydrogen-bond donors (Lipinski definition) is 5. The van der Waals surface area contributed by atoms with Gasteiger partial charge in [0, 0.05) is 6.54 Å². The quantitative estimate of drug-likeness (QED) is 0.279. The fourth-order valence-electron chi connectivity index (χ4n) is 2.63. The molecule has 1 saturated heterocycles. The number of carbonyl (C=O) groups excluding carboxylic acids is 3. The van der Waals surface area contributed by atoms with Crippen LogP contribution in [0.15, 0.2) is 0 Å². The first-order chi connectivity index (χ1) is 12.3. The van der Waals surface area contributed by atoms with Crippen molar-refractivity contribution in [3.63, 3.8) is 0 Å². The average Bonchev–Trinajstić information content (AvgIpc) is 3.10. The molecule has 3 amide bonds. The number of nitrogens with zero attached hydrogens (tertiary/aromatic N) is 1. The summed E-state index contributed by atoms with van der Waals surface area (Å²) in [7, 11) is 0. The minimum atomic E-state index is -1.29. The number of aliphatic carboxylic acids is 1. The number of carbonyl (C=O) groups is 4. The second kappa shape index (κ2) is 11.0. The Hall–Kier alpha value is -1.85. The highest BCUT2D eigenvalue weighted by Crippen LogP contribution is 2.19. The molecule has 0 aromatic carbocycles. The molecule has 10 nitrogen and oxygen atoms in total. The van der Waals surface area contributed by atoms with Crippen LogP contribution < -0.4 is 16.4 Å². The van der Waals surface area contributed by atoms with Gasteiger partial charge >= 0.3 is 5.97 Å². The van der Waals surface area contributed by atoms with Crippen LogP contribution in [0.3, 0.4) is 0 Å². The number of carboxylic acid groups (broad SMARTS) is 1. The molecule has 1 fully saturated rings. The van der Waals surface area contributed by atoms with Crippen molar-refractivity contribution in [2.75, 3.05) is 31.7 Å². The molecule has 0 saturated carbocycles. The zero-order valence-electron chi connectivity index (χ0n) is 14.6. The Labute approximate surface area is 155 Å². The number of likely N-dealkylation sites (tertiary alicyclic amines) is 1. The van der Waals surface area contributed by atoms with E-state index in [1.165, 1.54) is 4.90 Å². The van der Waals surface area contributed by atoms with Crippen LogP contribution in [-0.4, -0.2) is 88.6 Å². The van der Waals surface area contributed by atoms with Gasteiger partial charge in [0.2, 0.25) is 17.7 Å². The van der Waals surface area contributed by atoms with E-state index in [2.05, 4.69) is 10.6 Å². The van der Waals surface area contributed by atoms with E-state index < -0.39 is 49.1 Å². The van der Waals surface area contributed by atoms with Gasteiger partial charge in [-0.25, -0.2) is 0 Å². The summed E-state index contributed by atoms with van der Waals surface area (Å²) < 4.78 is 0. The molecule has 0 radical (unpaired) electrons. The van der Waals surface area contributed by atoms with Gasteiger partial charge in [-0.2, -0.15) is 11.8 Å². The Kier molecular flexibility index (Phi) is 9.38. The second-order valence-corrected chi connectivity index (χ2v) is 6.92. The molecule has 0 aliphatic carbocycles. The molecule has 1 aliphatic heterocycles. The molecule has 0 aromatic heterocycles. The molecule has 11 heteroatoms. The van der Waals surface area contributed by atoms with Crippen molar-refractivity contribution in [2.24, 2.45) is 5.73 Å². The maximum Gasteiger partial charge on any atom is 0.322 e. The highest BCUT2D eigenvalue weighted by atomic mass is 32.2. The van der Waals surface area contributed by atoms with E-state index in [0.29, 0.717) is 25.8 Å². The minimum Gasteiger partial charge on any atom is -0.480 e. The molecule has 0 spiro atoms. The van der Waals surface area contributed by atoms with Gasteiger partial charge in [0.25, 0.3) is 0 Å². The predicted octanol–water partition coefficient (Wildman–Crippen LogP) is -2.26. The Bertz CT molecular complexity index is 532. The lowest BCUT2D eigenvalue weighted by Crippen LogP contribution is -2.56. The molecule has 0 aromatic rings. The van der Waals surface area contributed by atoms with Gasteiger partial charge in [-0.3, -0.25) is 19.2 Å². The summed E-state index contributed by atoms with van der Waals surface area (Å²) in [6, 6.07) is -2.74. The number of aliphatic hydroxyl groups excluding tert-OH is 1. The van der Waals surface area contributed by atoms with Crippen molar-refractivity contribution in [2.45, 2.75) is 37.4 Å². The van der Waals surface area contributed by atoms with Crippen LogP contribution in [0.4, 0.5) is 0 Å². The highest BCUT2D eigenvalue weighted by molar-refractivity contribution is 7.98. The van der Waals surface area contributed by atoms with E-state index in [-0.39, 0.29) is 5.91 Å². The molecule has 3 unspecified atom stereocenters. The van der Waals surface area contributed by atoms with Crippen molar-refractivity contribution in [1.29, 1.82) is 0 Å². The summed E-state index contributed by atoms with van der Waals surface area (Å²) >= 11 is 1.57. The second-order valence-electron chi connectivity index (χ2n) is 5.93. The van der Waals surface area contributed by atoms with Crippen LogP contribution in [0.2, 0.25) is 0 Å². The lowest BCUT2D eigenvalue weighted by Gasteiger charge is -2.27. The number of amides is 3. The van der Waals surface area contributed by atoms with Crippen molar-refractivity contribution in [1.82, 2.24) is 15.5 Å². The van der Waals surface area contributed by atoms with Crippen LogP contribution in [-0.2, 0) is 19.2 Å². The fraction of sp³-hybridized carbons (Fsp3) is 0.733. The standard InChI is InChI=1S/C15H26N4O6S/c1-26-6-4-9(16)15(25)19-5-2-3-11(19)14(24)18-10(8-20)13(23)17-7-12(21)22/h9-11,20H,2-8,16H2,1H3,(H,17,23)(H,18,24)(H,21,22). The SMILES string of the molecule is CSCCC(N)C(=O)N1CCCC1C(=O)NC(CO)C(=O)NCC(=O)O. The Balaban J connectivity index is 2.67. The van der Waals surface area contributed by atoms with Gasteiger partial charge in [0.1, 0.15) is 18.6 Å². The first kappa shape index (κ1) is 22.2. The lowest BCUT2D eigenvalue weighted by molar-refractivity contribution is -0.141. The van der Waals surface area contributed by atoms with E-state index in [4.69, 9.17) is 10.8 Å². The monoisotopic (exact) mass is 390 g/mol. The molecule has 1 aliphatic rings. The van der Waals surface area contributed by atoms with Gasteiger partial charge in [-0.05, 0) is 31.3 Å². The van der Waals surface area contributed by atoms with E-state index in [9.17, 15) is 24.3 Å². The predicted molar refractivity (Wildman–Crippen MR) is 95.4 cm³/mol. The third kappa shape index (κ3) is 6.46. The molecule has 1 heterocycles. The maximum atomic E-state index is 12.5. The largest absolute Gasteiger partial charge is 0.480 e. The highest BCUT2D eigenvalue weighted by Gasteiger charge is 2.37. The van der Waals surface area contributed by atoms with Gasteiger partial charge in [0.15, 0.2) is 0 Å². The van der Waals surface area contributed by atoms with E-state index in [1.807, 2.05) is 6.26 Å². The van der Waals surface area contributed by atoms with E-state index >= 15 is 0 Å². The van der Waals surface area contributed by atoms with Gasteiger partial charge < -0.3 is 31.5 Å². The summed E-state index contributed by atoms with van der Waals surface area (Å²) in [6.45, 7) is -0.909. The number of nitrogens with two attached hydrogens (primary N) is 1. The molecular formula is C15H26N4O6S. The van der Waals surface area contributed by atoms with Crippen LogP contribution in [0.25, 0.3) is 0 Å². The van der Waals surface area contributed by atoms with Crippen LogP contribution >= 0.6 is 11.8 Å². The number of rotatable bonds is 10. The fourth-order valence-corrected chi connectivity index (χ4v) is 3.12. The lowest BCUT2D eigenvalue weighted by atomic mass is 10.1. The topological polar surface area (TPSA) is 162 Å². The zero-order valence-corrected chi connectivity index (χ0v) is 15.5. The minimum absolute atomic E-state index is 0.312. The number of thioether (sulfide) groups is 1. The molecule has 3 atom stereocenters. The summed E-state index contributed by atoms with van der Waals surface area (Å²) in [5.74, 6) is -2.21. The van der Waals surface area contributed by atoms with Gasteiger partial charge in [0.05, 0.1) is 12.6 Å². The number of aliphatic hydroxyl groups is 1. The Morgan fingerprint density at radius 3 is 2.62 bits per heavy atom. The first-order valence-corrected chi connectivity index (χ1v) is 9.67. The summed E-state index contributed by atoms with van der Waals surface area (Å²) in [5.41, 5.74) is 5.89. The van der Waals surface area contributed by atoms with Crippen molar-refractivity contribution in [3.8, 4) is 0 Å². The third-order valence-electron chi connectivity index (χ3n) is 4.02. The average molecular weight is 390 g/mol. The molecule has 6 N–H and O–H groups in total. The molecule has 0 bridgehead atoms. The van der Waals surface area contributed by atoms with Crippen molar-refractivity contribution < 1.29 is 29.4 Å². The molecule has 26 heavy (non-hydrogen) atoms. The number of hydrogen-bond acceptors (Lipinski definition) is 7. The summed E-state index contributed by atoms with van der Waals surface area (Å²) in [6.07, 6.45) is 3.48. The molecule has 1 rings (SSSR count). The van der Waals surface area contributed by atoms with E-state index in [0.717, 1.165) is 5.75 Å². The normalized spacial score (nSPS) is 18.9. The molecule has 148 valence electrons. The Morgan fingerprint density at radius 2 is 2.04 bits per heavy atom. The van der Waals surface area contributed by atoms with Crippen molar-refractivity contribution >= 4 is 35.5 Å². The summed E-state index contributed by atoms with van der Waals surface area (Å²) in [5, 5.41) is 22.3. The summed E-state index contributed by atoms with van der Waals surface area (Å²) in [4.78, 5) is 48.6. The van der Waals surface area contributed by atoms with Gasteiger partial charge in [-0.1, -0.05) is 0 Å². The third-order valence-corrected chi connectivity index (χ3v) is 4.66. The maximum absolute atomic E-state index is 12.5. The van der Waals surface area contributed by atoms with Crippen LogP contribution in [0.5, 0.6) is 0 Å². The number of nitrogens with one attached hydrogen (secondary N) is 2. The number of carboxylic acids is 1. The Morgan fingerprint density at radius 1 is 1.35 bits per heavy atom.